The summed E-state index contributed by atoms with van der Waals surface area (Å²) in [6.45, 7) is 3.27. The van der Waals surface area contributed by atoms with Crippen LogP contribution in [0.2, 0.25) is 0 Å². The Kier molecular flexibility index (Phi) is 3.73. The van der Waals surface area contributed by atoms with Gasteiger partial charge in [0.2, 0.25) is 0 Å². The van der Waals surface area contributed by atoms with Gasteiger partial charge < -0.3 is 10.6 Å². The largest absolute Gasteiger partial charge is 0.384 e. The molecule has 0 spiro atoms. The number of pyridine rings is 1. The molecule has 1 atom stereocenters. The Morgan fingerprint density at radius 2 is 2.50 bits per heavy atom. The van der Waals surface area contributed by atoms with E-state index in [1.807, 2.05) is 12.1 Å². The summed E-state index contributed by atoms with van der Waals surface area (Å²) in [4.78, 5) is 4.01. The highest BCUT2D eigenvalue weighted by Crippen LogP contribution is 2.12. The molecule has 0 bridgehead atoms. The number of nitrogens with one attached hydrogen (secondary N) is 2. The number of hydrogen-bond donors (Lipinski definition) is 2. The van der Waals surface area contributed by atoms with Crippen molar-refractivity contribution >= 4 is 5.69 Å². The van der Waals surface area contributed by atoms with E-state index in [-0.39, 0.29) is 0 Å². The molecule has 4 nitrogen and oxygen atoms in total. The maximum atomic E-state index is 8.61. The van der Waals surface area contributed by atoms with Crippen LogP contribution in [0, 0.1) is 17.2 Å². The summed E-state index contributed by atoms with van der Waals surface area (Å²) in [6.07, 6.45) is 4.19. The zero-order valence-corrected chi connectivity index (χ0v) is 9.24. The van der Waals surface area contributed by atoms with Crippen molar-refractivity contribution < 1.29 is 0 Å². The normalized spacial score (nSPS) is 19.3. The van der Waals surface area contributed by atoms with Crippen molar-refractivity contribution in [3.63, 3.8) is 0 Å². The Morgan fingerprint density at radius 1 is 1.56 bits per heavy atom. The van der Waals surface area contributed by atoms with Gasteiger partial charge in [-0.1, -0.05) is 0 Å². The molecule has 4 heteroatoms. The number of rotatable bonds is 4. The fourth-order valence-corrected chi connectivity index (χ4v) is 1.95. The molecule has 1 unspecified atom stereocenters. The van der Waals surface area contributed by atoms with Crippen molar-refractivity contribution in [2.45, 2.75) is 12.8 Å². The lowest BCUT2D eigenvalue weighted by atomic mass is 10.1. The van der Waals surface area contributed by atoms with Gasteiger partial charge in [-0.15, -0.1) is 0 Å². The second-order valence-electron chi connectivity index (χ2n) is 4.12. The average Bonchev–Trinajstić information content (AvgIpc) is 2.83. The summed E-state index contributed by atoms with van der Waals surface area (Å²) in [5, 5.41) is 15.3. The van der Waals surface area contributed by atoms with Crippen LogP contribution in [0.5, 0.6) is 0 Å². The van der Waals surface area contributed by atoms with Gasteiger partial charge in [-0.05, 0) is 44.0 Å². The summed E-state index contributed by atoms with van der Waals surface area (Å²) in [7, 11) is 0. The van der Waals surface area contributed by atoms with Crippen LogP contribution in [-0.2, 0) is 0 Å². The highest BCUT2D eigenvalue weighted by molar-refractivity contribution is 5.42. The molecular weight excluding hydrogens is 200 g/mol. The lowest BCUT2D eigenvalue weighted by Gasteiger charge is -2.09. The molecule has 1 aromatic heterocycles. The van der Waals surface area contributed by atoms with E-state index in [2.05, 4.69) is 15.6 Å². The molecular formula is C12H16N4. The first kappa shape index (κ1) is 10.9. The topological polar surface area (TPSA) is 60.7 Å². The zero-order valence-electron chi connectivity index (χ0n) is 9.24. The standard InChI is InChI=1S/C12H16N4/c13-7-11-1-2-12(9-16-11)15-6-4-10-3-5-14-8-10/h1-2,9-10,14-15H,3-6,8H2. The lowest BCUT2D eigenvalue weighted by molar-refractivity contribution is 0.549. The van der Waals surface area contributed by atoms with E-state index in [1.165, 1.54) is 12.8 Å². The van der Waals surface area contributed by atoms with Gasteiger partial charge in [0.25, 0.3) is 0 Å². The fraction of sp³-hybridized carbons (Fsp3) is 0.500. The maximum absolute atomic E-state index is 8.61. The van der Waals surface area contributed by atoms with Gasteiger partial charge in [0, 0.05) is 6.54 Å². The predicted molar refractivity (Wildman–Crippen MR) is 63.0 cm³/mol. The Labute approximate surface area is 95.7 Å². The van der Waals surface area contributed by atoms with Crippen molar-refractivity contribution in [3.05, 3.63) is 24.0 Å². The van der Waals surface area contributed by atoms with Crippen LogP contribution in [0.15, 0.2) is 18.3 Å². The third kappa shape index (κ3) is 2.94. The summed E-state index contributed by atoms with van der Waals surface area (Å²) in [5.74, 6) is 0.804. The minimum Gasteiger partial charge on any atom is -0.384 e. The quantitative estimate of drug-likeness (QED) is 0.798. The molecule has 1 aliphatic heterocycles. The molecule has 2 N–H and O–H groups in total. The molecule has 0 saturated carbocycles. The third-order valence-corrected chi connectivity index (χ3v) is 2.92. The molecule has 1 saturated heterocycles. The Bertz CT molecular complexity index is 360. The van der Waals surface area contributed by atoms with Crippen molar-refractivity contribution in [2.75, 3.05) is 25.0 Å². The van der Waals surface area contributed by atoms with Crippen molar-refractivity contribution in [3.8, 4) is 6.07 Å². The molecule has 1 aromatic rings. The monoisotopic (exact) mass is 216 g/mol. The predicted octanol–water partition coefficient (Wildman–Crippen LogP) is 1.36. The van der Waals surface area contributed by atoms with E-state index in [0.717, 1.165) is 31.2 Å². The minimum atomic E-state index is 0.463. The third-order valence-electron chi connectivity index (χ3n) is 2.92. The Morgan fingerprint density at radius 3 is 3.12 bits per heavy atom. The van der Waals surface area contributed by atoms with Gasteiger partial charge >= 0.3 is 0 Å². The lowest BCUT2D eigenvalue weighted by Crippen LogP contribution is -2.12. The summed E-state index contributed by atoms with van der Waals surface area (Å²) < 4.78 is 0. The first-order valence-corrected chi connectivity index (χ1v) is 5.69. The second-order valence-corrected chi connectivity index (χ2v) is 4.12. The van der Waals surface area contributed by atoms with E-state index in [0.29, 0.717) is 5.69 Å². The van der Waals surface area contributed by atoms with Crippen LogP contribution in [0.3, 0.4) is 0 Å². The van der Waals surface area contributed by atoms with Gasteiger partial charge in [0.15, 0.2) is 0 Å². The van der Waals surface area contributed by atoms with Gasteiger partial charge in [-0.3, -0.25) is 0 Å². The van der Waals surface area contributed by atoms with E-state index in [9.17, 15) is 0 Å². The number of nitriles is 1. The van der Waals surface area contributed by atoms with E-state index in [4.69, 9.17) is 5.26 Å². The first-order chi connectivity index (χ1) is 7.88. The van der Waals surface area contributed by atoms with Crippen molar-refractivity contribution in [1.29, 1.82) is 5.26 Å². The molecule has 1 aliphatic rings. The van der Waals surface area contributed by atoms with E-state index < -0.39 is 0 Å². The van der Waals surface area contributed by atoms with Crippen LogP contribution in [0.4, 0.5) is 5.69 Å². The minimum absolute atomic E-state index is 0.463. The number of anilines is 1. The Balaban J connectivity index is 1.74. The summed E-state index contributed by atoms with van der Waals surface area (Å²) >= 11 is 0. The van der Waals surface area contributed by atoms with Gasteiger partial charge in [-0.2, -0.15) is 5.26 Å². The highest BCUT2D eigenvalue weighted by atomic mass is 14.9. The molecule has 2 rings (SSSR count). The fourth-order valence-electron chi connectivity index (χ4n) is 1.95. The molecule has 0 aromatic carbocycles. The van der Waals surface area contributed by atoms with Crippen molar-refractivity contribution in [2.24, 2.45) is 5.92 Å². The molecule has 84 valence electrons. The second kappa shape index (κ2) is 5.47. The number of hydrogen-bond acceptors (Lipinski definition) is 4. The summed E-state index contributed by atoms with van der Waals surface area (Å²) in [6, 6.07) is 5.64. The molecule has 0 radical (unpaired) electrons. The molecule has 1 fully saturated rings. The van der Waals surface area contributed by atoms with Crippen LogP contribution in [0.25, 0.3) is 0 Å². The highest BCUT2D eigenvalue weighted by Gasteiger charge is 2.13. The van der Waals surface area contributed by atoms with Gasteiger partial charge in [0.05, 0.1) is 11.9 Å². The van der Waals surface area contributed by atoms with Crippen LogP contribution < -0.4 is 10.6 Å². The first-order valence-electron chi connectivity index (χ1n) is 5.69. The smallest absolute Gasteiger partial charge is 0.140 e. The molecule has 0 aliphatic carbocycles. The zero-order chi connectivity index (χ0) is 11.2. The van der Waals surface area contributed by atoms with Crippen LogP contribution in [0.1, 0.15) is 18.5 Å². The van der Waals surface area contributed by atoms with Gasteiger partial charge in [0.1, 0.15) is 11.8 Å². The molecule has 2 heterocycles. The van der Waals surface area contributed by atoms with Gasteiger partial charge in [-0.25, -0.2) is 4.98 Å². The molecule has 16 heavy (non-hydrogen) atoms. The van der Waals surface area contributed by atoms with E-state index in [1.54, 1.807) is 12.3 Å². The number of aromatic nitrogens is 1. The van der Waals surface area contributed by atoms with Crippen LogP contribution in [-0.4, -0.2) is 24.6 Å². The average molecular weight is 216 g/mol. The van der Waals surface area contributed by atoms with E-state index >= 15 is 0 Å². The SMILES string of the molecule is N#Cc1ccc(NCCC2CCNC2)cn1. The van der Waals surface area contributed by atoms with Crippen LogP contribution >= 0.6 is 0 Å². The Hall–Kier alpha value is -1.60. The molecule has 0 amide bonds. The summed E-state index contributed by atoms with van der Waals surface area (Å²) in [5.41, 5.74) is 1.45. The number of nitrogens with zero attached hydrogens (tertiary/aromatic N) is 2. The van der Waals surface area contributed by atoms with Crippen molar-refractivity contribution in [1.82, 2.24) is 10.3 Å². The maximum Gasteiger partial charge on any atom is 0.140 e.